The lowest BCUT2D eigenvalue weighted by Crippen LogP contribution is -2.35. The average Bonchev–Trinajstić information content (AvgIpc) is 2.81. The van der Waals surface area contributed by atoms with E-state index in [1.807, 2.05) is 0 Å². The first-order chi connectivity index (χ1) is 15.0. The Morgan fingerprint density at radius 1 is 0.871 bits per heavy atom. The predicted octanol–water partition coefficient (Wildman–Crippen LogP) is 1.61. The van der Waals surface area contributed by atoms with Crippen molar-refractivity contribution in [3.8, 4) is 28.7 Å². The molecule has 0 unspecified atom stereocenters. The molecular formula is C21H25N3O7. The van der Waals surface area contributed by atoms with Gasteiger partial charge in [-0.1, -0.05) is 0 Å². The Kier molecular flexibility index (Phi) is 8.50. The van der Waals surface area contributed by atoms with Crippen LogP contribution >= 0.6 is 0 Å². The number of hydrazone groups is 1. The number of carbonyl (C=O) groups excluding carboxylic acids is 2. The number of amides is 2. The summed E-state index contributed by atoms with van der Waals surface area (Å²) in [6, 6.07) is 8.15. The number of nitrogens with zero attached hydrogens (tertiary/aromatic N) is 1. The molecule has 0 radical (unpaired) electrons. The van der Waals surface area contributed by atoms with E-state index < -0.39 is 11.8 Å². The van der Waals surface area contributed by atoms with E-state index in [2.05, 4.69) is 15.8 Å². The van der Waals surface area contributed by atoms with Gasteiger partial charge in [-0.25, -0.2) is 5.43 Å². The third kappa shape index (κ3) is 6.01. The third-order valence-electron chi connectivity index (χ3n) is 4.17. The van der Waals surface area contributed by atoms with Crippen molar-refractivity contribution < 1.29 is 33.3 Å². The number of carbonyl (C=O) groups is 2. The van der Waals surface area contributed by atoms with E-state index in [0.29, 0.717) is 34.3 Å². The average molecular weight is 431 g/mol. The highest BCUT2D eigenvalue weighted by Crippen LogP contribution is 2.38. The molecule has 0 saturated heterocycles. The van der Waals surface area contributed by atoms with Crippen LogP contribution in [0.15, 0.2) is 35.4 Å². The molecule has 0 heterocycles. The van der Waals surface area contributed by atoms with Gasteiger partial charge in [-0.15, -0.1) is 0 Å². The lowest BCUT2D eigenvalue weighted by molar-refractivity contribution is -0.120. The number of ether oxygens (including phenoxy) is 5. The molecule has 2 aromatic carbocycles. The molecule has 10 nitrogen and oxygen atoms in total. The van der Waals surface area contributed by atoms with Gasteiger partial charge in [0, 0.05) is 11.1 Å². The lowest BCUT2D eigenvalue weighted by Gasteiger charge is -2.14. The minimum Gasteiger partial charge on any atom is -0.497 e. The van der Waals surface area contributed by atoms with Gasteiger partial charge in [0.1, 0.15) is 11.5 Å². The van der Waals surface area contributed by atoms with E-state index in [9.17, 15) is 9.59 Å². The summed E-state index contributed by atoms with van der Waals surface area (Å²) < 4.78 is 26.1. The first kappa shape index (κ1) is 23.3. The summed E-state index contributed by atoms with van der Waals surface area (Å²) in [6.07, 6.45) is 1.42. The van der Waals surface area contributed by atoms with Crippen molar-refractivity contribution in [3.05, 3.63) is 41.5 Å². The second-order valence-electron chi connectivity index (χ2n) is 6.00. The molecule has 2 amide bonds. The highest BCUT2D eigenvalue weighted by molar-refractivity contribution is 5.97. The summed E-state index contributed by atoms with van der Waals surface area (Å²) >= 11 is 0. The maximum atomic E-state index is 12.4. The van der Waals surface area contributed by atoms with E-state index in [-0.39, 0.29) is 12.1 Å². The summed E-state index contributed by atoms with van der Waals surface area (Å²) in [6.45, 7) is -0.290. The summed E-state index contributed by atoms with van der Waals surface area (Å²) in [4.78, 5) is 24.5. The number of hydrogen-bond donors (Lipinski definition) is 2. The van der Waals surface area contributed by atoms with Crippen molar-refractivity contribution in [2.45, 2.75) is 0 Å². The molecule has 0 atom stereocenters. The van der Waals surface area contributed by atoms with Gasteiger partial charge >= 0.3 is 0 Å². The van der Waals surface area contributed by atoms with Crippen molar-refractivity contribution in [3.63, 3.8) is 0 Å². The smallest absolute Gasteiger partial charge is 0.259 e. The van der Waals surface area contributed by atoms with E-state index in [1.54, 1.807) is 25.3 Å². The molecule has 0 aliphatic heterocycles. The van der Waals surface area contributed by atoms with Crippen molar-refractivity contribution in [2.24, 2.45) is 5.10 Å². The Morgan fingerprint density at radius 2 is 1.52 bits per heavy atom. The van der Waals surface area contributed by atoms with Crippen LogP contribution < -0.4 is 34.4 Å². The fraction of sp³-hybridized carbons (Fsp3) is 0.286. The molecule has 10 heteroatoms. The number of hydrogen-bond acceptors (Lipinski definition) is 8. The first-order valence-corrected chi connectivity index (χ1v) is 9.09. The van der Waals surface area contributed by atoms with Gasteiger partial charge < -0.3 is 29.0 Å². The van der Waals surface area contributed by atoms with Gasteiger partial charge in [0.05, 0.1) is 48.3 Å². The molecule has 31 heavy (non-hydrogen) atoms. The van der Waals surface area contributed by atoms with Crippen molar-refractivity contribution in [1.29, 1.82) is 0 Å². The Bertz CT molecular complexity index is 935. The molecule has 0 saturated carbocycles. The molecule has 166 valence electrons. The van der Waals surface area contributed by atoms with Crippen LogP contribution in [0.25, 0.3) is 0 Å². The Labute approximate surface area is 180 Å². The van der Waals surface area contributed by atoms with Gasteiger partial charge in [0.25, 0.3) is 11.8 Å². The molecule has 2 aromatic rings. The topological polar surface area (TPSA) is 117 Å². The molecule has 0 aromatic heterocycles. The third-order valence-corrected chi connectivity index (χ3v) is 4.17. The van der Waals surface area contributed by atoms with Crippen LogP contribution in [0.2, 0.25) is 0 Å². The van der Waals surface area contributed by atoms with Crippen LogP contribution in [0.5, 0.6) is 28.7 Å². The maximum absolute atomic E-state index is 12.4. The van der Waals surface area contributed by atoms with E-state index in [4.69, 9.17) is 23.7 Å². The summed E-state index contributed by atoms with van der Waals surface area (Å²) in [5, 5.41) is 6.39. The summed E-state index contributed by atoms with van der Waals surface area (Å²) in [5.74, 6) is 1.19. The van der Waals surface area contributed by atoms with Gasteiger partial charge in [-0.05, 0) is 30.3 Å². The molecule has 0 fully saturated rings. The van der Waals surface area contributed by atoms with Crippen molar-refractivity contribution >= 4 is 18.0 Å². The Hall–Kier alpha value is -3.95. The fourth-order valence-electron chi connectivity index (χ4n) is 2.63. The summed E-state index contributed by atoms with van der Waals surface area (Å²) in [7, 11) is 7.42. The van der Waals surface area contributed by atoms with Gasteiger partial charge in [0.15, 0.2) is 11.5 Å². The standard InChI is InChI=1S/C21H25N3O7/c1-27-15-6-7-16(28-2)14(8-15)11-23-24-19(25)12-22-21(26)13-9-17(29-3)20(31-5)18(10-13)30-4/h6-11H,12H2,1-5H3,(H,22,26)(H,24,25)/b23-11+. The zero-order valence-corrected chi connectivity index (χ0v) is 18.0. The highest BCUT2D eigenvalue weighted by Gasteiger charge is 2.17. The van der Waals surface area contributed by atoms with Crippen LogP contribution in [-0.4, -0.2) is 60.1 Å². The molecular weight excluding hydrogens is 406 g/mol. The van der Waals surface area contributed by atoms with E-state index >= 15 is 0 Å². The van der Waals surface area contributed by atoms with Crippen LogP contribution in [0.1, 0.15) is 15.9 Å². The first-order valence-electron chi connectivity index (χ1n) is 9.09. The normalized spacial score (nSPS) is 10.4. The van der Waals surface area contributed by atoms with E-state index in [1.165, 1.54) is 46.8 Å². The van der Waals surface area contributed by atoms with Crippen LogP contribution in [0.3, 0.4) is 0 Å². The number of methoxy groups -OCH3 is 5. The zero-order chi connectivity index (χ0) is 22.8. The minimum absolute atomic E-state index is 0.243. The van der Waals surface area contributed by atoms with Gasteiger partial charge in [-0.2, -0.15) is 5.10 Å². The second-order valence-corrected chi connectivity index (χ2v) is 6.00. The highest BCUT2D eigenvalue weighted by atomic mass is 16.5. The van der Waals surface area contributed by atoms with Crippen LogP contribution in [0, 0.1) is 0 Å². The molecule has 2 rings (SSSR count). The Morgan fingerprint density at radius 3 is 2.06 bits per heavy atom. The molecule has 0 spiro atoms. The molecule has 0 bridgehead atoms. The minimum atomic E-state index is -0.515. The van der Waals surface area contributed by atoms with Crippen LogP contribution in [0.4, 0.5) is 0 Å². The Balaban J connectivity index is 1.99. The predicted molar refractivity (Wildman–Crippen MR) is 114 cm³/mol. The number of benzene rings is 2. The molecule has 0 aliphatic rings. The number of rotatable bonds is 10. The summed E-state index contributed by atoms with van der Waals surface area (Å²) in [5.41, 5.74) is 3.20. The maximum Gasteiger partial charge on any atom is 0.259 e. The van der Waals surface area contributed by atoms with Crippen molar-refractivity contribution in [2.75, 3.05) is 42.1 Å². The second kappa shape index (κ2) is 11.3. The fourth-order valence-corrected chi connectivity index (χ4v) is 2.63. The largest absolute Gasteiger partial charge is 0.497 e. The van der Waals surface area contributed by atoms with E-state index in [0.717, 1.165) is 0 Å². The number of nitrogens with one attached hydrogen (secondary N) is 2. The van der Waals surface area contributed by atoms with Crippen molar-refractivity contribution in [1.82, 2.24) is 10.7 Å². The SMILES string of the molecule is COc1ccc(OC)c(/C=N/NC(=O)CNC(=O)c2cc(OC)c(OC)c(OC)c2)c1. The zero-order valence-electron chi connectivity index (χ0n) is 18.0. The lowest BCUT2D eigenvalue weighted by atomic mass is 10.1. The molecule has 2 N–H and O–H groups in total. The molecule has 0 aliphatic carbocycles. The monoisotopic (exact) mass is 431 g/mol. The van der Waals surface area contributed by atoms with Crippen LogP contribution in [-0.2, 0) is 4.79 Å². The van der Waals surface area contributed by atoms with Gasteiger partial charge in [0.2, 0.25) is 5.75 Å². The van der Waals surface area contributed by atoms with Gasteiger partial charge in [-0.3, -0.25) is 9.59 Å². The quantitative estimate of drug-likeness (QED) is 0.434.